The summed E-state index contributed by atoms with van der Waals surface area (Å²) in [7, 11) is 0. The fourth-order valence-electron chi connectivity index (χ4n) is 1.22. The number of hydrogen-bond acceptors (Lipinski definition) is 3. The highest BCUT2D eigenvalue weighted by molar-refractivity contribution is 6.30. The van der Waals surface area contributed by atoms with E-state index in [9.17, 15) is 4.39 Å². The lowest BCUT2D eigenvalue weighted by Crippen LogP contribution is -2.00. The highest BCUT2D eigenvalue weighted by atomic mass is 35.5. The molecule has 0 amide bonds. The molecule has 0 atom stereocenters. The maximum atomic E-state index is 13.2. The lowest BCUT2D eigenvalue weighted by Gasteiger charge is -2.05. The first-order chi connectivity index (χ1) is 7.22. The summed E-state index contributed by atoms with van der Waals surface area (Å²) in [4.78, 5) is 0. The van der Waals surface area contributed by atoms with Gasteiger partial charge in [-0.15, -0.1) is 10.2 Å². The molecule has 4 nitrogen and oxygen atoms in total. The van der Waals surface area contributed by atoms with Crippen molar-refractivity contribution in [3.63, 3.8) is 0 Å². The van der Waals surface area contributed by atoms with E-state index in [2.05, 4.69) is 10.2 Å². The number of aliphatic hydroxyl groups is 1. The molecule has 2 aromatic rings. The number of nitrogens with zero attached hydrogens (tertiary/aromatic N) is 3. The van der Waals surface area contributed by atoms with Crippen molar-refractivity contribution >= 4 is 11.6 Å². The lowest BCUT2D eigenvalue weighted by molar-refractivity contribution is 0.269. The molecule has 0 aliphatic carbocycles. The largest absolute Gasteiger partial charge is 0.388 e. The predicted octanol–water partition coefficient (Wildman–Crippen LogP) is 1.55. The Labute approximate surface area is 89.9 Å². The standard InChI is InChI=1S/C9H7ClFN3O/c10-7-2-1-6(3-8(7)11)14-5-12-13-9(14)4-15/h1-3,5,15H,4H2. The van der Waals surface area contributed by atoms with Crippen LogP contribution in [0.25, 0.3) is 5.69 Å². The summed E-state index contributed by atoms with van der Waals surface area (Å²) >= 11 is 5.55. The van der Waals surface area contributed by atoms with E-state index in [1.165, 1.54) is 23.0 Å². The van der Waals surface area contributed by atoms with Crippen molar-refractivity contribution < 1.29 is 9.50 Å². The van der Waals surface area contributed by atoms with Gasteiger partial charge in [0, 0.05) is 0 Å². The predicted molar refractivity (Wildman–Crippen MR) is 52.2 cm³/mol. The van der Waals surface area contributed by atoms with E-state index in [1.807, 2.05) is 0 Å². The molecule has 0 aliphatic rings. The summed E-state index contributed by atoms with van der Waals surface area (Å²) in [6.45, 7) is -0.260. The third-order valence-electron chi connectivity index (χ3n) is 1.94. The summed E-state index contributed by atoms with van der Waals surface area (Å²) in [5, 5.41) is 16.3. The van der Waals surface area contributed by atoms with Crippen LogP contribution in [0.15, 0.2) is 24.5 Å². The van der Waals surface area contributed by atoms with E-state index in [4.69, 9.17) is 16.7 Å². The zero-order chi connectivity index (χ0) is 10.8. The summed E-state index contributed by atoms with van der Waals surface area (Å²) in [5.41, 5.74) is 0.519. The smallest absolute Gasteiger partial charge is 0.163 e. The highest BCUT2D eigenvalue weighted by Gasteiger charge is 2.07. The Morgan fingerprint density at radius 2 is 2.27 bits per heavy atom. The number of halogens is 2. The third kappa shape index (κ3) is 1.84. The summed E-state index contributed by atoms with van der Waals surface area (Å²) in [6.07, 6.45) is 1.40. The minimum Gasteiger partial charge on any atom is -0.388 e. The molecule has 0 saturated carbocycles. The van der Waals surface area contributed by atoms with Gasteiger partial charge >= 0.3 is 0 Å². The fourth-order valence-corrected chi connectivity index (χ4v) is 1.33. The first-order valence-corrected chi connectivity index (χ1v) is 4.55. The molecule has 78 valence electrons. The van der Waals surface area contributed by atoms with Crippen LogP contribution in [0.1, 0.15) is 5.82 Å². The van der Waals surface area contributed by atoms with E-state index in [0.29, 0.717) is 11.5 Å². The number of aromatic nitrogens is 3. The molecule has 1 heterocycles. The van der Waals surface area contributed by atoms with Crippen molar-refractivity contribution in [3.8, 4) is 5.69 Å². The SMILES string of the molecule is OCc1nncn1-c1ccc(Cl)c(F)c1. The quantitative estimate of drug-likeness (QED) is 0.847. The van der Waals surface area contributed by atoms with Gasteiger partial charge in [-0.05, 0) is 18.2 Å². The van der Waals surface area contributed by atoms with Gasteiger partial charge in [0.1, 0.15) is 18.8 Å². The Hall–Kier alpha value is -1.46. The molecular weight excluding hydrogens is 221 g/mol. The first kappa shape index (κ1) is 10.1. The van der Waals surface area contributed by atoms with Crippen LogP contribution in [-0.2, 0) is 6.61 Å². The van der Waals surface area contributed by atoms with Gasteiger partial charge in [0.05, 0.1) is 10.7 Å². The summed E-state index contributed by atoms with van der Waals surface area (Å²) in [6, 6.07) is 4.31. The van der Waals surface area contributed by atoms with Gasteiger partial charge in [-0.2, -0.15) is 0 Å². The van der Waals surface area contributed by atoms with Crippen LogP contribution in [0.5, 0.6) is 0 Å². The van der Waals surface area contributed by atoms with Crippen molar-refractivity contribution in [3.05, 3.63) is 41.2 Å². The molecule has 6 heteroatoms. The van der Waals surface area contributed by atoms with Gasteiger partial charge in [-0.3, -0.25) is 4.57 Å². The molecule has 0 fully saturated rings. The van der Waals surface area contributed by atoms with E-state index in [0.717, 1.165) is 0 Å². The number of hydrogen-bond donors (Lipinski definition) is 1. The molecule has 0 aliphatic heterocycles. The average Bonchev–Trinajstić information content (AvgIpc) is 2.70. The summed E-state index contributed by atoms with van der Waals surface area (Å²) < 4.78 is 14.6. The second-order valence-electron chi connectivity index (χ2n) is 2.87. The van der Waals surface area contributed by atoms with Crippen molar-refractivity contribution in [2.75, 3.05) is 0 Å². The van der Waals surface area contributed by atoms with Gasteiger partial charge < -0.3 is 5.11 Å². The average molecular weight is 228 g/mol. The second-order valence-corrected chi connectivity index (χ2v) is 3.28. The molecule has 1 aromatic heterocycles. The van der Waals surface area contributed by atoms with Crippen LogP contribution in [-0.4, -0.2) is 19.9 Å². The molecule has 2 rings (SSSR count). The van der Waals surface area contributed by atoms with E-state index in [1.54, 1.807) is 6.07 Å². The van der Waals surface area contributed by atoms with Crippen molar-refractivity contribution in [1.82, 2.24) is 14.8 Å². The van der Waals surface area contributed by atoms with Gasteiger partial charge in [0.15, 0.2) is 5.82 Å². The molecular formula is C9H7ClFN3O. The molecule has 1 N–H and O–H groups in total. The molecule has 0 spiro atoms. The first-order valence-electron chi connectivity index (χ1n) is 4.17. The maximum absolute atomic E-state index is 13.2. The highest BCUT2D eigenvalue weighted by Crippen LogP contribution is 2.18. The number of benzene rings is 1. The maximum Gasteiger partial charge on any atom is 0.163 e. The fraction of sp³-hybridized carbons (Fsp3) is 0.111. The van der Waals surface area contributed by atoms with Gasteiger partial charge in [-0.1, -0.05) is 11.6 Å². The third-order valence-corrected chi connectivity index (χ3v) is 2.25. The van der Waals surface area contributed by atoms with Gasteiger partial charge in [0.2, 0.25) is 0 Å². The van der Waals surface area contributed by atoms with E-state index >= 15 is 0 Å². The van der Waals surface area contributed by atoms with Crippen LogP contribution in [0.3, 0.4) is 0 Å². The van der Waals surface area contributed by atoms with Crippen molar-refractivity contribution in [2.45, 2.75) is 6.61 Å². The lowest BCUT2D eigenvalue weighted by atomic mass is 10.3. The zero-order valence-corrected chi connectivity index (χ0v) is 8.32. The van der Waals surface area contributed by atoms with Gasteiger partial charge in [-0.25, -0.2) is 4.39 Å². The molecule has 0 saturated heterocycles. The molecule has 0 bridgehead atoms. The van der Waals surface area contributed by atoms with Crippen molar-refractivity contribution in [1.29, 1.82) is 0 Å². The van der Waals surface area contributed by atoms with E-state index < -0.39 is 5.82 Å². The second kappa shape index (κ2) is 3.96. The van der Waals surface area contributed by atoms with E-state index in [-0.39, 0.29) is 11.6 Å². The topological polar surface area (TPSA) is 50.9 Å². The Kier molecular flexibility index (Phi) is 2.66. The van der Waals surface area contributed by atoms with Crippen LogP contribution in [0.2, 0.25) is 5.02 Å². The van der Waals surface area contributed by atoms with Gasteiger partial charge in [0.25, 0.3) is 0 Å². The van der Waals surface area contributed by atoms with Crippen LogP contribution >= 0.6 is 11.6 Å². The number of rotatable bonds is 2. The Morgan fingerprint density at radius 1 is 1.47 bits per heavy atom. The van der Waals surface area contributed by atoms with Crippen LogP contribution in [0, 0.1) is 5.82 Å². The minimum absolute atomic E-state index is 0.0531. The normalized spacial score (nSPS) is 10.6. The monoisotopic (exact) mass is 227 g/mol. The van der Waals surface area contributed by atoms with Crippen molar-refractivity contribution in [2.24, 2.45) is 0 Å². The van der Waals surface area contributed by atoms with Crippen LogP contribution < -0.4 is 0 Å². The molecule has 1 aromatic carbocycles. The minimum atomic E-state index is -0.522. The Balaban J connectivity index is 2.50. The molecule has 0 radical (unpaired) electrons. The number of aliphatic hydroxyl groups excluding tert-OH is 1. The Morgan fingerprint density at radius 3 is 2.93 bits per heavy atom. The molecule has 0 unspecified atom stereocenters. The zero-order valence-electron chi connectivity index (χ0n) is 7.56. The van der Waals surface area contributed by atoms with Crippen LogP contribution in [0.4, 0.5) is 4.39 Å². The Bertz CT molecular complexity index is 486. The summed E-state index contributed by atoms with van der Waals surface area (Å²) in [5.74, 6) is -0.177. The molecule has 15 heavy (non-hydrogen) atoms.